The summed E-state index contributed by atoms with van der Waals surface area (Å²) >= 11 is 0. The summed E-state index contributed by atoms with van der Waals surface area (Å²) in [6.07, 6.45) is 10.6. The third kappa shape index (κ3) is 4.86. The van der Waals surface area contributed by atoms with Crippen molar-refractivity contribution in [1.29, 1.82) is 0 Å². The summed E-state index contributed by atoms with van der Waals surface area (Å²) in [4.78, 5) is 18.3. The van der Waals surface area contributed by atoms with Crippen LogP contribution < -0.4 is 11.1 Å². The van der Waals surface area contributed by atoms with Gasteiger partial charge >= 0.3 is 0 Å². The van der Waals surface area contributed by atoms with Gasteiger partial charge in [0.25, 0.3) is 0 Å². The third-order valence-electron chi connectivity index (χ3n) is 10.6. The zero-order valence-corrected chi connectivity index (χ0v) is 22.7. The number of carbonyl (C=O) groups is 1. The molecule has 7 atom stereocenters. The summed E-state index contributed by atoms with van der Waals surface area (Å²) in [5.41, 5.74) is 10.0. The largest absolute Gasteiger partial charge is 0.336 e. The minimum atomic E-state index is 0.196. The molecule has 4 rings (SSSR count). The van der Waals surface area contributed by atoms with E-state index in [0.717, 1.165) is 57.6 Å². The van der Waals surface area contributed by atoms with Crippen LogP contribution in [0.2, 0.25) is 0 Å². The molecular formula is C29H52N4O. The minimum absolute atomic E-state index is 0.196. The molecule has 2 bridgehead atoms. The molecule has 1 amide bonds. The van der Waals surface area contributed by atoms with Crippen LogP contribution in [0.25, 0.3) is 0 Å². The highest BCUT2D eigenvalue weighted by Crippen LogP contribution is 2.54. The van der Waals surface area contributed by atoms with Crippen LogP contribution in [0.1, 0.15) is 85.5 Å². The molecule has 0 aromatic heterocycles. The quantitative estimate of drug-likeness (QED) is 0.638. The van der Waals surface area contributed by atoms with Gasteiger partial charge < -0.3 is 20.9 Å². The number of nitrogens with zero attached hydrogens (tertiary/aromatic N) is 2. The Hall–Kier alpha value is -0.910. The van der Waals surface area contributed by atoms with Crippen LogP contribution in [-0.2, 0) is 4.79 Å². The van der Waals surface area contributed by atoms with Gasteiger partial charge in [0.05, 0.1) is 0 Å². The van der Waals surface area contributed by atoms with E-state index >= 15 is 0 Å². The summed E-state index contributed by atoms with van der Waals surface area (Å²) < 4.78 is 0. The van der Waals surface area contributed by atoms with E-state index in [9.17, 15) is 4.79 Å². The fraction of sp³-hybridized carbons (Fsp3) is 0.897. The summed E-state index contributed by atoms with van der Waals surface area (Å²) in [6, 6.07) is 0.685. The SMILES string of the molecule is CC/C1=C(\C(=O)N2CCN(C)CC2)CCC(C23CCNC(CCCCC2C)C3N)C(C)CC1C. The summed E-state index contributed by atoms with van der Waals surface area (Å²) in [6.45, 7) is 14.5. The second kappa shape index (κ2) is 11.0. The Kier molecular flexibility index (Phi) is 8.47. The fourth-order valence-electron chi connectivity index (χ4n) is 8.59. The lowest BCUT2D eigenvalue weighted by atomic mass is 9.51. The first-order valence-corrected chi connectivity index (χ1v) is 14.5. The number of rotatable bonds is 3. The first-order valence-electron chi connectivity index (χ1n) is 14.5. The van der Waals surface area contributed by atoms with Crippen LogP contribution in [0.3, 0.4) is 0 Å². The monoisotopic (exact) mass is 472 g/mol. The molecule has 7 unspecified atom stereocenters. The normalized spacial score (nSPS) is 42.9. The second-order valence-corrected chi connectivity index (χ2v) is 12.3. The lowest BCUT2D eigenvalue weighted by Crippen LogP contribution is -2.66. The number of allylic oxidation sites excluding steroid dienone is 1. The topological polar surface area (TPSA) is 61.6 Å². The van der Waals surface area contributed by atoms with Crippen molar-refractivity contribution >= 4 is 5.91 Å². The van der Waals surface area contributed by atoms with Crippen molar-refractivity contribution < 1.29 is 4.79 Å². The summed E-state index contributed by atoms with van der Waals surface area (Å²) in [5.74, 6) is 2.70. The number of nitrogens with one attached hydrogen (secondary N) is 1. The number of piperazine rings is 1. The Morgan fingerprint density at radius 3 is 2.50 bits per heavy atom. The van der Waals surface area contributed by atoms with Gasteiger partial charge in [0, 0.05) is 43.8 Å². The number of likely N-dealkylation sites (N-methyl/N-ethyl adjacent to an activating group) is 1. The molecule has 0 aromatic rings. The number of fused-ring (bicyclic) bond motifs is 2. The first kappa shape index (κ1) is 26.2. The average molecular weight is 473 g/mol. The minimum Gasteiger partial charge on any atom is -0.336 e. The fourth-order valence-corrected chi connectivity index (χ4v) is 8.59. The van der Waals surface area contributed by atoms with Gasteiger partial charge in [-0.25, -0.2) is 0 Å². The number of hydrogen-bond acceptors (Lipinski definition) is 4. The van der Waals surface area contributed by atoms with E-state index in [1.807, 2.05) is 0 Å². The van der Waals surface area contributed by atoms with Crippen LogP contribution in [0.5, 0.6) is 0 Å². The van der Waals surface area contributed by atoms with Gasteiger partial charge in [0.1, 0.15) is 0 Å². The van der Waals surface area contributed by atoms with Gasteiger partial charge in [-0.05, 0) is 81.2 Å². The Labute approximate surface area is 209 Å². The molecule has 2 heterocycles. The van der Waals surface area contributed by atoms with Gasteiger partial charge in [0.2, 0.25) is 5.91 Å². The molecule has 3 N–H and O–H groups in total. The molecule has 2 saturated heterocycles. The van der Waals surface area contributed by atoms with Gasteiger partial charge in [-0.15, -0.1) is 0 Å². The van der Waals surface area contributed by atoms with E-state index in [0.29, 0.717) is 35.6 Å². The summed E-state index contributed by atoms with van der Waals surface area (Å²) in [7, 11) is 2.16. The van der Waals surface area contributed by atoms with Crippen LogP contribution in [0, 0.1) is 29.1 Å². The number of amides is 1. The van der Waals surface area contributed by atoms with Gasteiger partial charge in [-0.2, -0.15) is 0 Å². The van der Waals surface area contributed by atoms with Gasteiger partial charge in [-0.3, -0.25) is 4.79 Å². The number of hydrogen-bond donors (Lipinski definition) is 2. The van der Waals surface area contributed by atoms with Crippen LogP contribution in [0.15, 0.2) is 11.1 Å². The van der Waals surface area contributed by atoms with E-state index in [1.165, 1.54) is 44.1 Å². The maximum atomic E-state index is 13.9. The van der Waals surface area contributed by atoms with Crippen LogP contribution >= 0.6 is 0 Å². The molecule has 0 spiro atoms. The van der Waals surface area contributed by atoms with Crippen molar-refractivity contribution in [3.05, 3.63) is 11.1 Å². The molecule has 1 saturated carbocycles. The summed E-state index contributed by atoms with van der Waals surface area (Å²) in [5, 5.41) is 3.79. The Morgan fingerprint density at radius 1 is 1.09 bits per heavy atom. The molecule has 5 nitrogen and oxygen atoms in total. The van der Waals surface area contributed by atoms with Crippen LogP contribution in [-0.4, -0.2) is 67.6 Å². The van der Waals surface area contributed by atoms with Gasteiger partial charge in [-0.1, -0.05) is 52.5 Å². The van der Waals surface area contributed by atoms with Crippen molar-refractivity contribution in [2.24, 2.45) is 34.8 Å². The van der Waals surface area contributed by atoms with Gasteiger partial charge in [0.15, 0.2) is 0 Å². The highest BCUT2D eigenvalue weighted by Gasteiger charge is 2.53. The molecular weight excluding hydrogens is 420 g/mol. The number of nitrogens with two attached hydrogens (primary N) is 1. The Balaban J connectivity index is 1.65. The predicted molar refractivity (Wildman–Crippen MR) is 142 cm³/mol. The average Bonchev–Trinajstić information content (AvgIpc) is 2.81. The molecule has 194 valence electrons. The standard InChI is InChI=1S/C29H52N4O/c1-6-23-20(2)19-21(3)25(12-11-24(23)28(34)33-17-15-32(5)16-18-33)29-13-14-31-26(27(29)30)10-8-7-9-22(29)4/h20-22,25-27,31H,6-19,30H2,1-5H3/b24-23+. The highest BCUT2D eigenvalue weighted by molar-refractivity contribution is 5.94. The molecule has 4 aliphatic rings. The zero-order valence-electron chi connectivity index (χ0n) is 22.7. The van der Waals surface area contributed by atoms with E-state index in [1.54, 1.807) is 0 Å². The lowest BCUT2D eigenvalue weighted by Gasteiger charge is -2.58. The molecule has 3 fully saturated rings. The Bertz CT molecular complexity index is 742. The highest BCUT2D eigenvalue weighted by atomic mass is 16.2. The maximum absolute atomic E-state index is 13.9. The molecule has 2 aliphatic carbocycles. The van der Waals surface area contributed by atoms with Crippen molar-refractivity contribution in [2.45, 2.75) is 97.6 Å². The van der Waals surface area contributed by atoms with Crippen LogP contribution in [0.4, 0.5) is 0 Å². The number of carbonyl (C=O) groups excluding carboxylic acids is 1. The molecule has 2 aliphatic heterocycles. The van der Waals surface area contributed by atoms with Crippen molar-refractivity contribution in [2.75, 3.05) is 39.8 Å². The van der Waals surface area contributed by atoms with Crippen molar-refractivity contribution in [3.63, 3.8) is 0 Å². The van der Waals surface area contributed by atoms with E-state index < -0.39 is 0 Å². The molecule has 0 radical (unpaired) electrons. The molecule has 5 heteroatoms. The van der Waals surface area contributed by atoms with Crippen molar-refractivity contribution in [3.8, 4) is 0 Å². The zero-order chi connectivity index (χ0) is 24.5. The smallest absolute Gasteiger partial charge is 0.249 e. The molecule has 0 aromatic carbocycles. The van der Waals surface area contributed by atoms with E-state index in [-0.39, 0.29) is 11.5 Å². The lowest BCUT2D eigenvalue weighted by molar-refractivity contribution is -0.129. The van der Waals surface area contributed by atoms with E-state index in [2.05, 4.69) is 49.9 Å². The predicted octanol–water partition coefficient (Wildman–Crippen LogP) is 4.43. The van der Waals surface area contributed by atoms with E-state index in [4.69, 9.17) is 5.73 Å². The first-order chi connectivity index (χ1) is 16.3. The molecule has 34 heavy (non-hydrogen) atoms. The number of piperidine rings is 1. The Morgan fingerprint density at radius 2 is 1.79 bits per heavy atom. The van der Waals surface area contributed by atoms with Crippen molar-refractivity contribution in [1.82, 2.24) is 15.1 Å². The third-order valence-corrected chi connectivity index (χ3v) is 10.6. The maximum Gasteiger partial charge on any atom is 0.249 e. The second-order valence-electron chi connectivity index (χ2n) is 12.3.